The van der Waals surface area contributed by atoms with Gasteiger partial charge < -0.3 is 9.15 Å². The lowest BCUT2D eigenvalue weighted by molar-refractivity contribution is -0.127. The molecule has 208 valence electrons. The first-order valence-corrected chi connectivity index (χ1v) is 14.5. The topological polar surface area (TPSA) is 131 Å². The summed E-state index contributed by atoms with van der Waals surface area (Å²) in [5.74, 6) is -1.21. The molecule has 0 radical (unpaired) electrons. The average Bonchev–Trinajstić information content (AvgIpc) is 3.50. The number of aromatic nitrogens is 1. The van der Waals surface area contributed by atoms with Crippen molar-refractivity contribution in [2.75, 3.05) is 19.4 Å². The Balaban J connectivity index is 1.11. The molecule has 13 heteroatoms. The molecule has 0 atom stereocenters. The Bertz CT molecular complexity index is 1420. The number of carbonyl (C=O) groups excluding carboxylic acids is 4. The molecule has 2 heterocycles. The van der Waals surface area contributed by atoms with E-state index >= 15 is 0 Å². The number of carbonyl (C=O) groups is 4. The molecule has 0 saturated carbocycles. The third kappa shape index (κ3) is 7.93. The monoisotopic (exact) mass is 598 g/mol. The number of hydrazine groups is 1. The van der Waals surface area contributed by atoms with Gasteiger partial charge in [0.2, 0.25) is 11.8 Å². The van der Waals surface area contributed by atoms with Gasteiger partial charge in [0.15, 0.2) is 5.58 Å². The Morgan fingerprint density at radius 1 is 1.07 bits per heavy atom. The van der Waals surface area contributed by atoms with Gasteiger partial charge in [-0.1, -0.05) is 66.4 Å². The van der Waals surface area contributed by atoms with Crippen LogP contribution >= 0.6 is 35.7 Å². The van der Waals surface area contributed by atoms with Gasteiger partial charge in [-0.3, -0.25) is 30.1 Å². The Morgan fingerprint density at radius 2 is 1.82 bits per heavy atom. The third-order valence-electron chi connectivity index (χ3n) is 5.73. The number of esters is 1. The molecule has 40 heavy (non-hydrogen) atoms. The summed E-state index contributed by atoms with van der Waals surface area (Å²) in [6.07, 6.45) is 3.95. The summed E-state index contributed by atoms with van der Waals surface area (Å²) in [6.45, 7) is 0.453. The number of thioether (sulfide) groups is 2. The number of hydrogen-bond donors (Lipinski definition) is 2. The number of thiocarbonyl (C=S) groups is 1. The molecule has 3 aromatic rings. The zero-order valence-electron chi connectivity index (χ0n) is 21.5. The van der Waals surface area contributed by atoms with Crippen molar-refractivity contribution in [3.8, 4) is 0 Å². The van der Waals surface area contributed by atoms with Crippen molar-refractivity contribution < 1.29 is 28.3 Å². The molecule has 1 aliphatic rings. The van der Waals surface area contributed by atoms with E-state index in [1.54, 1.807) is 41.3 Å². The first-order chi connectivity index (χ1) is 19.3. The van der Waals surface area contributed by atoms with Crippen molar-refractivity contribution in [1.82, 2.24) is 20.7 Å². The number of fused-ring (bicyclic) bond motifs is 1. The molecule has 1 fully saturated rings. The lowest BCUT2D eigenvalue weighted by atomic mass is 10.1. The number of hydrogen-bond acceptors (Lipinski definition) is 10. The van der Waals surface area contributed by atoms with E-state index in [9.17, 15) is 19.2 Å². The summed E-state index contributed by atoms with van der Waals surface area (Å²) >= 11 is 7.75. The summed E-state index contributed by atoms with van der Waals surface area (Å²) < 4.78 is 10.7. The second kappa shape index (κ2) is 14.1. The summed E-state index contributed by atoms with van der Waals surface area (Å²) in [5.41, 5.74) is 7.37. The zero-order valence-corrected chi connectivity index (χ0v) is 24.0. The highest BCUT2D eigenvalue weighted by molar-refractivity contribution is 8.26. The van der Waals surface area contributed by atoms with Gasteiger partial charge in [-0.05, 0) is 48.7 Å². The van der Waals surface area contributed by atoms with E-state index in [-0.39, 0.29) is 29.9 Å². The smallest absolute Gasteiger partial charge is 0.337 e. The van der Waals surface area contributed by atoms with E-state index in [1.807, 2.05) is 18.2 Å². The van der Waals surface area contributed by atoms with Crippen LogP contribution in [0.1, 0.15) is 41.6 Å². The van der Waals surface area contributed by atoms with Crippen LogP contribution < -0.4 is 10.9 Å². The van der Waals surface area contributed by atoms with Crippen LogP contribution in [0.2, 0.25) is 0 Å². The van der Waals surface area contributed by atoms with Crippen molar-refractivity contribution in [1.29, 1.82) is 0 Å². The highest BCUT2D eigenvalue weighted by Gasteiger charge is 2.31. The van der Waals surface area contributed by atoms with E-state index in [0.29, 0.717) is 56.9 Å². The first-order valence-electron chi connectivity index (χ1n) is 12.3. The second-order valence-electron chi connectivity index (χ2n) is 8.59. The number of nitrogens with one attached hydrogen (secondary N) is 2. The minimum Gasteiger partial charge on any atom is -0.465 e. The largest absolute Gasteiger partial charge is 0.465 e. The SMILES string of the molecule is COC(=O)c1ccc(C=C2SC(=S)N(CCCCCC(=O)NNC(=O)CSc3nc4ccccc4o3)C2=O)cc1. The summed E-state index contributed by atoms with van der Waals surface area (Å²) in [7, 11) is 1.32. The molecule has 0 unspecified atom stereocenters. The lowest BCUT2D eigenvalue weighted by Crippen LogP contribution is -2.42. The summed E-state index contributed by atoms with van der Waals surface area (Å²) in [5, 5.41) is 0.383. The van der Waals surface area contributed by atoms with Crippen molar-refractivity contribution in [2.24, 2.45) is 0 Å². The van der Waals surface area contributed by atoms with Crippen LogP contribution in [0.15, 0.2) is 63.1 Å². The van der Waals surface area contributed by atoms with Gasteiger partial charge in [0.1, 0.15) is 9.84 Å². The van der Waals surface area contributed by atoms with E-state index in [1.165, 1.54) is 18.9 Å². The van der Waals surface area contributed by atoms with Crippen LogP contribution in [0.4, 0.5) is 0 Å². The van der Waals surface area contributed by atoms with Gasteiger partial charge in [0.25, 0.3) is 11.1 Å². The van der Waals surface area contributed by atoms with Crippen LogP contribution in [0, 0.1) is 0 Å². The van der Waals surface area contributed by atoms with Crippen molar-refractivity contribution in [3.05, 3.63) is 64.6 Å². The Morgan fingerprint density at radius 3 is 2.58 bits per heavy atom. The molecule has 0 aliphatic carbocycles. The first kappa shape index (κ1) is 29.3. The maximum absolute atomic E-state index is 12.8. The number of oxazole rings is 1. The maximum Gasteiger partial charge on any atom is 0.337 e. The Kier molecular flexibility index (Phi) is 10.3. The number of amides is 3. The van der Waals surface area contributed by atoms with Crippen molar-refractivity contribution in [2.45, 2.75) is 30.9 Å². The van der Waals surface area contributed by atoms with Crippen LogP contribution in [-0.2, 0) is 19.1 Å². The fourth-order valence-electron chi connectivity index (χ4n) is 3.69. The van der Waals surface area contributed by atoms with Gasteiger partial charge in [-0.25, -0.2) is 9.78 Å². The highest BCUT2D eigenvalue weighted by Crippen LogP contribution is 2.33. The number of methoxy groups -OCH3 is 1. The number of unbranched alkanes of at least 4 members (excludes halogenated alkanes) is 2. The van der Waals surface area contributed by atoms with E-state index in [4.69, 9.17) is 21.4 Å². The van der Waals surface area contributed by atoms with Crippen LogP contribution in [0.25, 0.3) is 17.2 Å². The van der Waals surface area contributed by atoms with Crippen molar-refractivity contribution in [3.63, 3.8) is 0 Å². The molecule has 1 saturated heterocycles. The molecule has 0 bridgehead atoms. The molecule has 2 aromatic carbocycles. The predicted octanol–water partition coefficient (Wildman–Crippen LogP) is 4.32. The fraction of sp³-hybridized carbons (Fsp3) is 0.259. The number of para-hydroxylation sites is 2. The van der Waals surface area contributed by atoms with E-state index in [2.05, 4.69) is 15.8 Å². The van der Waals surface area contributed by atoms with Crippen LogP contribution in [0.3, 0.4) is 0 Å². The normalized spacial score (nSPS) is 14.1. The van der Waals surface area contributed by atoms with E-state index in [0.717, 1.165) is 17.3 Å². The predicted molar refractivity (Wildman–Crippen MR) is 157 cm³/mol. The lowest BCUT2D eigenvalue weighted by Gasteiger charge is -2.14. The standard InChI is InChI=1S/C27H26N4O6S3/c1-36-25(35)18-12-10-17(11-13-18)15-21-24(34)31(27(38)40-21)14-6-2-3-9-22(32)29-30-23(33)16-39-26-28-19-7-4-5-8-20(19)37-26/h4-5,7-8,10-13,15H,2-3,6,9,14,16H2,1H3,(H,29,32)(H,30,33). The molecule has 1 aliphatic heterocycles. The molecule has 3 amide bonds. The summed E-state index contributed by atoms with van der Waals surface area (Å²) in [4.78, 5) is 54.8. The van der Waals surface area contributed by atoms with Crippen molar-refractivity contribution >= 4 is 80.9 Å². The fourth-order valence-corrected chi connectivity index (χ4v) is 5.63. The molecule has 4 rings (SSSR count). The summed E-state index contributed by atoms with van der Waals surface area (Å²) in [6, 6.07) is 14.1. The molecule has 1 aromatic heterocycles. The highest BCUT2D eigenvalue weighted by atomic mass is 32.2. The van der Waals surface area contributed by atoms with E-state index < -0.39 is 5.97 Å². The van der Waals surface area contributed by atoms with Gasteiger partial charge in [-0.2, -0.15) is 0 Å². The zero-order chi connectivity index (χ0) is 28.5. The molecule has 10 nitrogen and oxygen atoms in total. The van der Waals surface area contributed by atoms with Crippen LogP contribution in [-0.4, -0.2) is 57.3 Å². The molecule has 2 N–H and O–H groups in total. The maximum atomic E-state index is 12.8. The number of nitrogens with zero attached hydrogens (tertiary/aromatic N) is 2. The Hall–Kier alpha value is -3.68. The van der Waals surface area contributed by atoms with Gasteiger partial charge in [0, 0.05) is 13.0 Å². The van der Waals surface area contributed by atoms with Crippen LogP contribution in [0.5, 0.6) is 0 Å². The molecular weight excluding hydrogens is 573 g/mol. The quantitative estimate of drug-likeness (QED) is 0.0822. The number of benzene rings is 2. The Labute approximate surface area is 244 Å². The van der Waals surface area contributed by atoms with Gasteiger partial charge in [0.05, 0.1) is 23.3 Å². The second-order valence-corrected chi connectivity index (χ2v) is 11.2. The molecule has 0 spiro atoms. The average molecular weight is 599 g/mol. The minimum atomic E-state index is -0.424. The van der Waals surface area contributed by atoms with Gasteiger partial charge in [-0.15, -0.1) is 0 Å². The minimum absolute atomic E-state index is 0.0458. The number of rotatable bonds is 11. The third-order valence-corrected chi connectivity index (χ3v) is 7.94. The number of ether oxygens (including phenoxy) is 1. The molecular formula is C27H26N4O6S3. The van der Waals surface area contributed by atoms with Gasteiger partial charge >= 0.3 is 5.97 Å².